The van der Waals surface area contributed by atoms with E-state index in [0.717, 1.165) is 6.54 Å². The zero-order valence-electron chi connectivity index (χ0n) is 7.88. The van der Waals surface area contributed by atoms with Crippen molar-refractivity contribution in [3.05, 3.63) is 37.0 Å². The predicted octanol–water partition coefficient (Wildman–Crippen LogP) is 2.46. The second-order valence-corrected chi connectivity index (χ2v) is 8.15. The summed E-state index contributed by atoms with van der Waals surface area (Å²) in [5.41, 5.74) is 0.650. The maximum atomic E-state index is 3.71. The topological polar surface area (TPSA) is 12.0 Å². The van der Waals surface area contributed by atoms with E-state index in [9.17, 15) is 0 Å². The molecular formula is C10H17NSi. The molecule has 66 valence electrons. The number of allylic oxidation sites excluding steroid dienone is 4. The highest BCUT2D eigenvalue weighted by molar-refractivity contribution is 6.77. The van der Waals surface area contributed by atoms with Crippen molar-refractivity contribution in [2.45, 2.75) is 18.6 Å². The van der Waals surface area contributed by atoms with Gasteiger partial charge in [-0.1, -0.05) is 43.5 Å². The number of hydrogen-bond donors (Lipinski definition) is 1. The van der Waals surface area contributed by atoms with Gasteiger partial charge >= 0.3 is 0 Å². The molecule has 0 amide bonds. The Morgan fingerprint density at radius 3 is 2.50 bits per heavy atom. The van der Waals surface area contributed by atoms with Crippen LogP contribution in [0.1, 0.15) is 0 Å². The zero-order chi connectivity index (χ0) is 9.03. The van der Waals surface area contributed by atoms with Gasteiger partial charge in [-0.2, -0.15) is 0 Å². The third-order valence-electron chi connectivity index (χ3n) is 2.28. The molecule has 1 nitrogen and oxygen atoms in total. The van der Waals surface area contributed by atoms with Crippen LogP contribution in [-0.2, 0) is 0 Å². The fourth-order valence-corrected chi connectivity index (χ4v) is 3.46. The van der Waals surface area contributed by atoms with Crippen molar-refractivity contribution < 1.29 is 0 Å². The molecule has 0 radical (unpaired) electrons. The lowest BCUT2D eigenvalue weighted by Gasteiger charge is -2.27. The van der Waals surface area contributed by atoms with Gasteiger partial charge in [0.15, 0.2) is 0 Å². The van der Waals surface area contributed by atoms with E-state index in [2.05, 4.69) is 49.0 Å². The minimum absolute atomic E-state index is 0.650. The Bertz CT molecular complexity index is 204. The first kappa shape index (κ1) is 9.48. The monoisotopic (exact) mass is 179 g/mol. The lowest BCUT2D eigenvalue weighted by molar-refractivity contribution is 1.00. The molecule has 2 heteroatoms. The Morgan fingerprint density at radius 2 is 2.00 bits per heavy atom. The molecule has 0 unspecified atom stereocenters. The Kier molecular flexibility index (Phi) is 3.06. The van der Waals surface area contributed by atoms with Crippen LogP contribution in [-0.4, -0.2) is 14.8 Å². The van der Waals surface area contributed by atoms with Crippen LogP contribution in [0.5, 0.6) is 0 Å². The minimum atomic E-state index is -1.29. The molecule has 0 heterocycles. The van der Waals surface area contributed by atoms with Crippen molar-refractivity contribution in [1.82, 2.24) is 4.98 Å². The Balaban J connectivity index is 2.51. The Labute approximate surface area is 76.0 Å². The first-order valence-corrected chi connectivity index (χ1v) is 7.45. The fourth-order valence-electron chi connectivity index (χ4n) is 1.37. The van der Waals surface area contributed by atoms with Crippen molar-refractivity contribution in [3.63, 3.8) is 0 Å². The summed E-state index contributed by atoms with van der Waals surface area (Å²) >= 11 is 0. The van der Waals surface area contributed by atoms with Gasteiger partial charge in [-0.25, -0.2) is 0 Å². The number of rotatable bonds is 4. The van der Waals surface area contributed by atoms with E-state index in [0.29, 0.717) is 5.54 Å². The predicted molar refractivity (Wildman–Crippen MR) is 57.7 cm³/mol. The number of nitrogens with one attached hydrogen (secondary N) is 1. The highest BCUT2D eigenvalue weighted by Gasteiger charge is 2.28. The highest BCUT2D eigenvalue weighted by atomic mass is 28.3. The van der Waals surface area contributed by atoms with Crippen LogP contribution in [0.2, 0.25) is 18.6 Å². The van der Waals surface area contributed by atoms with Crippen LogP contribution in [0, 0.1) is 0 Å². The highest BCUT2D eigenvalue weighted by Crippen LogP contribution is 2.25. The lowest BCUT2D eigenvalue weighted by Crippen LogP contribution is -2.47. The Hall–Kier alpha value is -0.603. The summed E-state index contributed by atoms with van der Waals surface area (Å²) in [6.07, 6.45) is 10.8. The van der Waals surface area contributed by atoms with Crippen LogP contribution < -0.4 is 4.98 Å². The van der Waals surface area contributed by atoms with Crippen LogP contribution in [0.15, 0.2) is 37.0 Å². The minimum Gasteiger partial charge on any atom is -0.333 e. The number of hydrogen-bond acceptors (Lipinski definition) is 1. The first-order valence-electron chi connectivity index (χ1n) is 4.38. The molecular weight excluding hydrogens is 162 g/mol. The molecule has 1 N–H and O–H groups in total. The normalized spacial score (nSPS) is 17.2. The molecule has 0 spiro atoms. The molecule has 0 saturated heterocycles. The van der Waals surface area contributed by atoms with Gasteiger partial charge in [-0.15, -0.1) is 6.58 Å². The van der Waals surface area contributed by atoms with E-state index < -0.39 is 8.24 Å². The quantitative estimate of drug-likeness (QED) is 0.516. The van der Waals surface area contributed by atoms with E-state index in [1.807, 2.05) is 6.08 Å². The van der Waals surface area contributed by atoms with Gasteiger partial charge in [0.2, 0.25) is 0 Å². The maximum Gasteiger partial charge on any atom is 0.130 e. The molecule has 0 aromatic heterocycles. The summed E-state index contributed by atoms with van der Waals surface area (Å²) in [5.74, 6) is 0. The maximum absolute atomic E-state index is 3.71. The van der Waals surface area contributed by atoms with Crippen LogP contribution in [0.25, 0.3) is 0 Å². The van der Waals surface area contributed by atoms with Crippen molar-refractivity contribution in [2.75, 3.05) is 6.54 Å². The molecule has 0 saturated carbocycles. The summed E-state index contributed by atoms with van der Waals surface area (Å²) in [6.45, 7) is 9.34. The fraction of sp³-hybridized carbons (Fsp3) is 0.400. The van der Waals surface area contributed by atoms with Gasteiger partial charge in [0.1, 0.15) is 8.24 Å². The average Bonchev–Trinajstić information content (AvgIpc) is 2.53. The largest absolute Gasteiger partial charge is 0.333 e. The molecule has 0 fully saturated rings. The van der Waals surface area contributed by atoms with Crippen molar-refractivity contribution >= 4 is 8.24 Å². The third kappa shape index (κ3) is 2.19. The van der Waals surface area contributed by atoms with Gasteiger partial charge in [-0.05, 0) is 0 Å². The van der Waals surface area contributed by atoms with Gasteiger partial charge < -0.3 is 4.98 Å². The summed E-state index contributed by atoms with van der Waals surface area (Å²) in [5, 5.41) is 0. The molecule has 1 rings (SSSR count). The van der Waals surface area contributed by atoms with E-state index in [1.54, 1.807) is 0 Å². The molecule has 1 aliphatic carbocycles. The second-order valence-electron chi connectivity index (χ2n) is 3.69. The van der Waals surface area contributed by atoms with Gasteiger partial charge in [0, 0.05) is 12.1 Å². The third-order valence-corrected chi connectivity index (χ3v) is 5.45. The molecule has 1 aliphatic rings. The molecule has 0 aliphatic heterocycles. The van der Waals surface area contributed by atoms with E-state index in [4.69, 9.17) is 0 Å². The van der Waals surface area contributed by atoms with Gasteiger partial charge in [-0.3, -0.25) is 0 Å². The van der Waals surface area contributed by atoms with Crippen LogP contribution >= 0.6 is 0 Å². The summed E-state index contributed by atoms with van der Waals surface area (Å²) in [4.78, 5) is 3.57. The van der Waals surface area contributed by atoms with E-state index >= 15 is 0 Å². The van der Waals surface area contributed by atoms with Crippen molar-refractivity contribution in [3.8, 4) is 0 Å². The Morgan fingerprint density at radius 1 is 1.42 bits per heavy atom. The SMILES string of the molecule is C=CCN[Si](C)(C)C1C=CC=C1. The van der Waals surface area contributed by atoms with Crippen LogP contribution in [0.3, 0.4) is 0 Å². The van der Waals surface area contributed by atoms with Gasteiger partial charge in [0.05, 0.1) is 0 Å². The summed E-state index contributed by atoms with van der Waals surface area (Å²) in [6, 6.07) is 0. The van der Waals surface area contributed by atoms with Crippen LogP contribution in [0.4, 0.5) is 0 Å². The smallest absolute Gasteiger partial charge is 0.130 e. The molecule has 12 heavy (non-hydrogen) atoms. The molecule has 0 aromatic rings. The van der Waals surface area contributed by atoms with E-state index in [-0.39, 0.29) is 0 Å². The second kappa shape index (κ2) is 3.87. The standard InChI is InChI=1S/C10H17NSi/c1-4-9-11-12(2,3)10-7-5-6-8-10/h4-8,10-11H,1,9H2,2-3H3. The van der Waals surface area contributed by atoms with Gasteiger partial charge in [0.25, 0.3) is 0 Å². The average molecular weight is 179 g/mol. The zero-order valence-corrected chi connectivity index (χ0v) is 8.88. The molecule has 0 atom stereocenters. The summed E-state index contributed by atoms with van der Waals surface area (Å²) in [7, 11) is -1.29. The van der Waals surface area contributed by atoms with Crippen molar-refractivity contribution in [2.24, 2.45) is 0 Å². The molecule has 0 bridgehead atoms. The molecule has 0 aromatic carbocycles. The van der Waals surface area contributed by atoms with Crippen molar-refractivity contribution in [1.29, 1.82) is 0 Å². The lowest BCUT2D eigenvalue weighted by atomic mass is 10.5. The summed E-state index contributed by atoms with van der Waals surface area (Å²) < 4.78 is 0. The first-order chi connectivity index (χ1) is 5.67. The van der Waals surface area contributed by atoms with E-state index in [1.165, 1.54) is 0 Å².